The molecule has 110 valence electrons. The van der Waals surface area contributed by atoms with E-state index in [1.165, 1.54) is 6.07 Å². The van der Waals surface area contributed by atoms with Gasteiger partial charge in [-0.15, -0.1) is 0 Å². The van der Waals surface area contributed by atoms with Gasteiger partial charge < -0.3 is 10.2 Å². The summed E-state index contributed by atoms with van der Waals surface area (Å²) in [5.41, 5.74) is 1.10. The van der Waals surface area contributed by atoms with Crippen LogP contribution in [0.2, 0.25) is 0 Å². The van der Waals surface area contributed by atoms with Crippen molar-refractivity contribution in [1.82, 2.24) is 10.2 Å². The Balaban J connectivity index is 2.36. The zero-order valence-electron chi connectivity index (χ0n) is 12.0. The Morgan fingerprint density at radius 3 is 2.70 bits per heavy atom. The fraction of sp³-hybridized carbons (Fsp3) is 0.500. The SMILES string of the molecule is Cc1ccc(C(=O)N2CCNC[C@H]2C)cc1S(C)(=O)=O. The predicted octanol–water partition coefficient (Wildman–Crippen LogP) is 0.832. The number of piperazine rings is 1. The average Bonchev–Trinajstić information content (AvgIpc) is 2.37. The Bertz CT molecular complexity index is 625. The van der Waals surface area contributed by atoms with Crippen molar-refractivity contribution in [3.8, 4) is 0 Å². The summed E-state index contributed by atoms with van der Waals surface area (Å²) in [6, 6.07) is 4.98. The van der Waals surface area contributed by atoms with Crippen molar-refractivity contribution in [2.75, 3.05) is 25.9 Å². The minimum absolute atomic E-state index is 0.107. The van der Waals surface area contributed by atoms with Crippen LogP contribution in [0, 0.1) is 6.92 Å². The summed E-state index contributed by atoms with van der Waals surface area (Å²) in [5, 5.41) is 3.23. The van der Waals surface area contributed by atoms with E-state index in [1.807, 2.05) is 6.92 Å². The van der Waals surface area contributed by atoms with E-state index in [0.717, 1.165) is 19.3 Å². The highest BCUT2D eigenvalue weighted by Crippen LogP contribution is 2.19. The summed E-state index contributed by atoms with van der Waals surface area (Å²) in [5.74, 6) is -0.107. The lowest BCUT2D eigenvalue weighted by molar-refractivity contribution is 0.0655. The van der Waals surface area contributed by atoms with Gasteiger partial charge in [0, 0.05) is 37.5 Å². The Hall–Kier alpha value is -1.40. The molecule has 5 nitrogen and oxygen atoms in total. The zero-order chi connectivity index (χ0) is 14.9. The predicted molar refractivity (Wildman–Crippen MR) is 77.7 cm³/mol. The van der Waals surface area contributed by atoms with Crippen molar-refractivity contribution in [3.63, 3.8) is 0 Å². The third kappa shape index (κ3) is 3.02. The van der Waals surface area contributed by atoms with Gasteiger partial charge in [0.15, 0.2) is 9.84 Å². The van der Waals surface area contributed by atoms with Crippen LogP contribution in [0.3, 0.4) is 0 Å². The lowest BCUT2D eigenvalue weighted by atomic mass is 10.1. The molecule has 0 aromatic heterocycles. The molecular formula is C14H20N2O3S. The topological polar surface area (TPSA) is 66.5 Å². The maximum atomic E-state index is 12.5. The van der Waals surface area contributed by atoms with Gasteiger partial charge in [0.2, 0.25) is 0 Å². The molecule has 1 saturated heterocycles. The molecule has 0 unspecified atom stereocenters. The molecule has 20 heavy (non-hydrogen) atoms. The Morgan fingerprint density at radius 1 is 1.40 bits per heavy atom. The summed E-state index contributed by atoms with van der Waals surface area (Å²) >= 11 is 0. The number of benzene rings is 1. The fourth-order valence-electron chi connectivity index (χ4n) is 2.44. The van der Waals surface area contributed by atoms with Crippen molar-refractivity contribution in [3.05, 3.63) is 29.3 Å². The molecule has 6 heteroatoms. The smallest absolute Gasteiger partial charge is 0.254 e. The van der Waals surface area contributed by atoms with Crippen molar-refractivity contribution < 1.29 is 13.2 Å². The molecule has 1 aromatic carbocycles. The summed E-state index contributed by atoms with van der Waals surface area (Å²) in [7, 11) is -3.32. The lowest BCUT2D eigenvalue weighted by Gasteiger charge is -2.34. The number of aryl methyl sites for hydroxylation is 1. The van der Waals surface area contributed by atoms with E-state index in [4.69, 9.17) is 0 Å². The monoisotopic (exact) mass is 296 g/mol. The Labute approximate surface area is 119 Å². The van der Waals surface area contributed by atoms with E-state index in [-0.39, 0.29) is 16.8 Å². The number of hydrogen-bond acceptors (Lipinski definition) is 4. The van der Waals surface area contributed by atoms with Gasteiger partial charge in [0.1, 0.15) is 0 Å². The normalized spacial score (nSPS) is 19.9. The second-order valence-corrected chi connectivity index (χ2v) is 7.29. The first-order valence-electron chi connectivity index (χ1n) is 6.63. The van der Waals surface area contributed by atoms with E-state index >= 15 is 0 Å². The van der Waals surface area contributed by atoms with E-state index in [9.17, 15) is 13.2 Å². The molecule has 1 atom stereocenters. The third-order valence-corrected chi connectivity index (χ3v) is 4.84. The average molecular weight is 296 g/mol. The molecule has 0 radical (unpaired) electrons. The van der Waals surface area contributed by atoms with Crippen molar-refractivity contribution in [2.45, 2.75) is 24.8 Å². The molecule has 1 aromatic rings. The van der Waals surface area contributed by atoms with Gasteiger partial charge in [-0.05, 0) is 31.5 Å². The maximum absolute atomic E-state index is 12.5. The molecule has 0 aliphatic carbocycles. The van der Waals surface area contributed by atoms with E-state index < -0.39 is 9.84 Å². The van der Waals surface area contributed by atoms with Gasteiger partial charge >= 0.3 is 0 Å². The highest BCUT2D eigenvalue weighted by Gasteiger charge is 2.25. The van der Waals surface area contributed by atoms with Gasteiger partial charge in [-0.25, -0.2) is 8.42 Å². The molecule has 0 bridgehead atoms. The summed E-state index contributed by atoms with van der Waals surface area (Å²) < 4.78 is 23.5. The number of rotatable bonds is 2. The standard InChI is InChI=1S/C14H20N2O3S/c1-10-4-5-12(8-13(10)20(3,18)19)14(17)16-7-6-15-9-11(16)2/h4-5,8,11,15H,6-7,9H2,1-3H3/t11-/m1/s1. The summed E-state index contributed by atoms with van der Waals surface area (Å²) in [4.78, 5) is 14.5. The lowest BCUT2D eigenvalue weighted by Crippen LogP contribution is -2.52. The molecular weight excluding hydrogens is 276 g/mol. The Morgan fingerprint density at radius 2 is 2.10 bits per heavy atom. The maximum Gasteiger partial charge on any atom is 0.254 e. The van der Waals surface area contributed by atoms with Gasteiger partial charge in [0.05, 0.1) is 4.90 Å². The van der Waals surface area contributed by atoms with Crippen molar-refractivity contribution >= 4 is 15.7 Å². The van der Waals surface area contributed by atoms with E-state index in [0.29, 0.717) is 17.7 Å². The van der Waals surface area contributed by atoms with Gasteiger partial charge in [-0.1, -0.05) is 6.07 Å². The molecule has 0 saturated carbocycles. The van der Waals surface area contributed by atoms with Gasteiger partial charge in [0.25, 0.3) is 5.91 Å². The molecule has 0 spiro atoms. The van der Waals surface area contributed by atoms with Crippen LogP contribution >= 0.6 is 0 Å². The highest BCUT2D eigenvalue weighted by atomic mass is 32.2. The molecule has 2 rings (SSSR count). The minimum atomic E-state index is -3.32. The molecule has 1 aliphatic heterocycles. The first-order valence-corrected chi connectivity index (χ1v) is 8.52. The second-order valence-electron chi connectivity index (χ2n) is 5.30. The van der Waals surface area contributed by atoms with E-state index in [1.54, 1.807) is 24.0 Å². The van der Waals surface area contributed by atoms with Gasteiger partial charge in [-0.3, -0.25) is 4.79 Å². The second kappa shape index (κ2) is 5.54. The van der Waals surface area contributed by atoms with Crippen LogP contribution in [0.1, 0.15) is 22.8 Å². The molecule has 1 N–H and O–H groups in total. The molecule has 1 amide bonds. The van der Waals surface area contributed by atoms with Crippen LogP contribution in [0.25, 0.3) is 0 Å². The number of nitrogens with one attached hydrogen (secondary N) is 1. The quantitative estimate of drug-likeness (QED) is 0.878. The number of carbonyl (C=O) groups is 1. The van der Waals surface area contributed by atoms with Crippen LogP contribution in [-0.2, 0) is 9.84 Å². The third-order valence-electron chi connectivity index (χ3n) is 3.60. The summed E-state index contributed by atoms with van der Waals surface area (Å²) in [6.07, 6.45) is 1.16. The number of amides is 1. The number of carbonyl (C=O) groups excluding carboxylic acids is 1. The molecule has 1 fully saturated rings. The first kappa shape index (κ1) is 15.0. The Kier molecular flexibility index (Phi) is 4.15. The fourth-order valence-corrected chi connectivity index (χ4v) is 3.44. The zero-order valence-corrected chi connectivity index (χ0v) is 12.8. The minimum Gasteiger partial charge on any atom is -0.333 e. The molecule has 1 heterocycles. The number of sulfone groups is 1. The van der Waals surface area contributed by atoms with E-state index in [2.05, 4.69) is 5.32 Å². The van der Waals surface area contributed by atoms with Crippen molar-refractivity contribution in [1.29, 1.82) is 0 Å². The van der Waals surface area contributed by atoms with Crippen LogP contribution in [0.4, 0.5) is 0 Å². The largest absolute Gasteiger partial charge is 0.333 e. The number of hydrogen-bond donors (Lipinski definition) is 1. The van der Waals surface area contributed by atoms with Crippen molar-refractivity contribution in [2.24, 2.45) is 0 Å². The molecule has 1 aliphatic rings. The summed E-state index contributed by atoms with van der Waals surface area (Å²) in [6.45, 7) is 5.88. The highest BCUT2D eigenvalue weighted by molar-refractivity contribution is 7.90. The van der Waals surface area contributed by atoms with Crippen LogP contribution in [0.15, 0.2) is 23.1 Å². The number of nitrogens with zero attached hydrogens (tertiary/aromatic N) is 1. The first-order chi connectivity index (χ1) is 9.30. The van der Waals surface area contributed by atoms with Crippen LogP contribution in [0.5, 0.6) is 0 Å². The van der Waals surface area contributed by atoms with Crippen LogP contribution in [-0.4, -0.2) is 51.2 Å². The van der Waals surface area contributed by atoms with Gasteiger partial charge in [-0.2, -0.15) is 0 Å². The van der Waals surface area contributed by atoms with Crippen LogP contribution < -0.4 is 5.32 Å².